The van der Waals surface area contributed by atoms with Crippen LogP contribution in [0.3, 0.4) is 0 Å². The van der Waals surface area contributed by atoms with Crippen LogP contribution in [0.25, 0.3) is 0 Å². The van der Waals surface area contributed by atoms with Gasteiger partial charge in [-0.2, -0.15) is 4.31 Å². The van der Waals surface area contributed by atoms with Crippen LogP contribution in [0.4, 0.5) is 4.39 Å². The lowest BCUT2D eigenvalue weighted by Crippen LogP contribution is -2.36. The molecule has 1 aromatic carbocycles. The topological polar surface area (TPSA) is 57.7 Å². The third kappa shape index (κ3) is 4.56. The van der Waals surface area contributed by atoms with Gasteiger partial charge in [-0.05, 0) is 50.1 Å². The van der Waals surface area contributed by atoms with Crippen molar-refractivity contribution in [2.24, 2.45) is 0 Å². The van der Waals surface area contributed by atoms with Gasteiger partial charge in [-0.15, -0.1) is 11.3 Å². The summed E-state index contributed by atoms with van der Waals surface area (Å²) in [5.74, 6) is -1.18. The standard InChI is InChI=1S/C19H22ClFN2O3S2/c1-2-22(13-15-7-9-18(20)27-15)19(24)14-6-8-16(21)17(12-14)28(25,26)23-10-4-3-5-11-23/h6-9,12H,2-5,10-11,13H2,1H3. The van der Waals surface area contributed by atoms with E-state index in [0.29, 0.717) is 30.5 Å². The van der Waals surface area contributed by atoms with Crippen molar-refractivity contribution >= 4 is 38.9 Å². The van der Waals surface area contributed by atoms with E-state index in [9.17, 15) is 17.6 Å². The molecule has 152 valence electrons. The minimum Gasteiger partial charge on any atom is -0.334 e. The third-order valence-corrected chi connectivity index (χ3v) is 7.89. The maximum absolute atomic E-state index is 14.4. The van der Waals surface area contributed by atoms with E-state index >= 15 is 0 Å². The summed E-state index contributed by atoms with van der Waals surface area (Å²) in [5.41, 5.74) is 0.154. The Balaban J connectivity index is 1.87. The molecular formula is C19H22ClFN2O3S2. The molecule has 28 heavy (non-hydrogen) atoms. The van der Waals surface area contributed by atoms with Gasteiger partial charge in [-0.1, -0.05) is 18.0 Å². The second kappa shape index (κ2) is 8.90. The number of thiophene rings is 1. The SMILES string of the molecule is CCN(Cc1ccc(Cl)s1)C(=O)c1ccc(F)c(S(=O)(=O)N2CCCCC2)c1. The Morgan fingerprint density at radius 3 is 2.54 bits per heavy atom. The van der Waals surface area contributed by atoms with Crippen molar-refractivity contribution in [3.05, 3.63) is 50.9 Å². The number of nitrogens with zero attached hydrogens (tertiary/aromatic N) is 2. The average Bonchev–Trinajstić information content (AvgIpc) is 3.11. The molecule has 1 amide bonds. The van der Waals surface area contributed by atoms with Crippen LogP contribution >= 0.6 is 22.9 Å². The molecule has 9 heteroatoms. The number of hydrogen-bond acceptors (Lipinski definition) is 4. The molecule has 2 aromatic rings. The van der Waals surface area contributed by atoms with E-state index in [0.717, 1.165) is 36.3 Å². The Kier molecular flexibility index (Phi) is 6.75. The van der Waals surface area contributed by atoms with E-state index in [1.54, 1.807) is 11.0 Å². The first-order valence-corrected chi connectivity index (χ1v) is 11.8. The lowest BCUT2D eigenvalue weighted by Gasteiger charge is -2.26. The van der Waals surface area contributed by atoms with Gasteiger partial charge in [0.15, 0.2) is 0 Å². The van der Waals surface area contributed by atoms with Gasteiger partial charge in [-0.3, -0.25) is 4.79 Å². The summed E-state index contributed by atoms with van der Waals surface area (Å²) in [6, 6.07) is 7.16. The van der Waals surface area contributed by atoms with E-state index in [4.69, 9.17) is 11.6 Å². The highest BCUT2D eigenvalue weighted by Crippen LogP contribution is 2.26. The smallest absolute Gasteiger partial charge is 0.254 e. The monoisotopic (exact) mass is 444 g/mol. The first-order chi connectivity index (χ1) is 13.3. The number of rotatable bonds is 6. The number of amides is 1. The Hall–Kier alpha value is -1.48. The molecule has 2 heterocycles. The molecule has 5 nitrogen and oxygen atoms in total. The molecule has 0 atom stereocenters. The largest absolute Gasteiger partial charge is 0.334 e. The predicted octanol–water partition coefficient (Wildman–Crippen LogP) is 4.38. The molecule has 1 aromatic heterocycles. The molecule has 0 saturated carbocycles. The van der Waals surface area contributed by atoms with E-state index in [2.05, 4.69) is 0 Å². The Morgan fingerprint density at radius 1 is 1.21 bits per heavy atom. The zero-order chi connectivity index (χ0) is 20.3. The quantitative estimate of drug-likeness (QED) is 0.664. The van der Waals surface area contributed by atoms with Crippen molar-refractivity contribution in [2.45, 2.75) is 37.6 Å². The summed E-state index contributed by atoms with van der Waals surface area (Å²) in [7, 11) is -3.96. The molecule has 0 bridgehead atoms. The van der Waals surface area contributed by atoms with Crippen molar-refractivity contribution in [1.82, 2.24) is 9.21 Å². The normalized spacial score (nSPS) is 15.5. The number of hydrogen-bond donors (Lipinski definition) is 0. The maximum Gasteiger partial charge on any atom is 0.254 e. The number of carbonyl (C=O) groups is 1. The Labute approximate surface area is 173 Å². The maximum atomic E-state index is 14.4. The van der Waals surface area contributed by atoms with E-state index in [-0.39, 0.29) is 11.5 Å². The Morgan fingerprint density at radius 2 is 1.93 bits per heavy atom. The molecule has 1 saturated heterocycles. The lowest BCUT2D eigenvalue weighted by atomic mass is 10.2. The number of piperidine rings is 1. The molecule has 0 spiro atoms. The molecular weight excluding hydrogens is 423 g/mol. The minimum atomic E-state index is -3.96. The van der Waals surface area contributed by atoms with Crippen molar-refractivity contribution in [2.75, 3.05) is 19.6 Å². The summed E-state index contributed by atoms with van der Waals surface area (Å²) in [6.45, 7) is 3.38. The zero-order valence-corrected chi connectivity index (χ0v) is 17.9. The summed E-state index contributed by atoms with van der Waals surface area (Å²) in [5, 5.41) is 0. The molecule has 0 aliphatic carbocycles. The molecule has 0 radical (unpaired) electrons. The van der Waals surface area contributed by atoms with Gasteiger partial charge in [0.05, 0.1) is 10.9 Å². The number of sulfonamides is 1. The first kappa shape index (κ1) is 21.2. The van der Waals surface area contributed by atoms with Crippen LogP contribution in [-0.4, -0.2) is 43.2 Å². The highest BCUT2D eigenvalue weighted by molar-refractivity contribution is 7.89. The zero-order valence-electron chi connectivity index (χ0n) is 15.5. The molecule has 0 unspecified atom stereocenters. The van der Waals surface area contributed by atoms with Gasteiger partial charge < -0.3 is 4.90 Å². The van der Waals surface area contributed by atoms with Gasteiger partial charge in [-0.25, -0.2) is 12.8 Å². The first-order valence-electron chi connectivity index (χ1n) is 9.16. The number of halogens is 2. The molecule has 1 fully saturated rings. The van der Waals surface area contributed by atoms with Gasteiger partial charge in [0.2, 0.25) is 10.0 Å². The molecule has 1 aliphatic rings. The van der Waals surface area contributed by atoms with E-state index < -0.39 is 20.7 Å². The average molecular weight is 445 g/mol. The van der Waals surface area contributed by atoms with E-state index in [1.807, 2.05) is 13.0 Å². The summed E-state index contributed by atoms with van der Waals surface area (Å²) < 4.78 is 42.0. The van der Waals surface area contributed by atoms with Gasteiger partial charge in [0, 0.05) is 30.1 Å². The van der Waals surface area contributed by atoms with Crippen LogP contribution in [0.15, 0.2) is 35.2 Å². The van der Waals surface area contributed by atoms with Crippen LogP contribution < -0.4 is 0 Å². The Bertz CT molecular complexity index is 956. The molecule has 0 N–H and O–H groups in total. The fourth-order valence-electron chi connectivity index (χ4n) is 3.21. The highest BCUT2D eigenvalue weighted by atomic mass is 35.5. The van der Waals surface area contributed by atoms with Crippen molar-refractivity contribution in [1.29, 1.82) is 0 Å². The van der Waals surface area contributed by atoms with Crippen molar-refractivity contribution < 1.29 is 17.6 Å². The van der Waals surface area contributed by atoms with Gasteiger partial charge in [0.1, 0.15) is 10.7 Å². The second-order valence-electron chi connectivity index (χ2n) is 6.64. The summed E-state index contributed by atoms with van der Waals surface area (Å²) in [4.78, 5) is 15.0. The van der Waals surface area contributed by atoms with Crippen LogP contribution in [0.1, 0.15) is 41.4 Å². The van der Waals surface area contributed by atoms with Gasteiger partial charge in [0.25, 0.3) is 5.91 Å². The van der Waals surface area contributed by atoms with Crippen LogP contribution in [0, 0.1) is 5.82 Å². The van der Waals surface area contributed by atoms with E-state index in [1.165, 1.54) is 21.7 Å². The fourth-order valence-corrected chi connectivity index (χ4v) is 5.92. The highest BCUT2D eigenvalue weighted by Gasteiger charge is 2.30. The predicted molar refractivity (Wildman–Crippen MR) is 109 cm³/mol. The summed E-state index contributed by atoms with van der Waals surface area (Å²) in [6.07, 6.45) is 2.48. The minimum absolute atomic E-state index is 0.154. The number of carbonyl (C=O) groups excluding carboxylic acids is 1. The summed E-state index contributed by atoms with van der Waals surface area (Å²) >= 11 is 7.33. The molecule has 1 aliphatic heterocycles. The lowest BCUT2D eigenvalue weighted by molar-refractivity contribution is 0.0754. The van der Waals surface area contributed by atoms with Crippen molar-refractivity contribution in [3.63, 3.8) is 0 Å². The number of benzene rings is 1. The fraction of sp³-hybridized carbons (Fsp3) is 0.421. The second-order valence-corrected chi connectivity index (χ2v) is 10.3. The van der Waals surface area contributed by atoms with Gasteiger partial charge >= 0.3 is 0 Å². The van der Waals surface area contributed by atoms with Crippen LogP contribution in [0.2, 0.25) is 4.34 Å². The van der Waals surface area contributed by atoms with Crippen molar-refractivity contribution in [3.8, 4) is 0 Å². The van der Waals surface area contributed by atoms with Crippen LogP contribution in [-0.2, 0) is 16.6 Å². The third-order valence-electron chi connectivity index (χ3n) is 4.76. The van der Waals surface area contributed by atoms with Crippen LogP contribution in [0.5, 0.6) is 0 Å². The molecule has 3 rings (SSSR count).